The highest BCUT2D eigenvalue weighted by atomic mass is 16.5. The van der Waals surface area contributed by atoms with Crippen LogP contribution in [0.25, 0.3) is 0 Å². The number of carbonyl (C=O) groups excluding carboxylic acids is 3. The van der Waals surface area contributed by atoms with Crippen LogP contribution in [0.4, 0.5) is 11.4 Å². The number of amides is 3. The summed E-state index contributed by atoms with van der Waals surface area (Å²) in [6.07, 6.45) is 1.82. The van der Waals surface area contributed by atoms with E-state index in [-0.39, 0.29) is 24.3 Å². The van der Waals surface area contributed by atoms with E-state index in [9.17, 15) is 14.4 Å². The number of hydrogen-bond acceptors (Lipinski definition) is 5. The monoisotopic (exact) mass is 466 g/mol. The fourth-order valence-electron chi connectivity index (χ4n) is 3.83. The summed E-state index contributed by atoms with van der Waals surface area (Å²) in [6.45, 7) is 7.91. The summed E-state index contributed by atoms with van der Waals surface area (Å²) in [5.41, 5.74) is 2.51. The number of nitrogens with zero attached hydrogens (tertiary/aromatic N) is 2. The van der Waals surface area contributed by atoms with Gasteiger partial charge in [-0.2, -0.15) is 0 Å². The zero-order valence-corrected chi connectivity index (χ0v) is 20.0. The second-order valence-electron chi connectivity index (χ2n) is 8.26. The van der Waals surface area contributed by atoms with Crippen LogP contribution in [0, 0.1) is 0 Å². The minimum Gasteiger partial charge on any atom is -0.378 e. The molecule has 1 fully saturated rings. The van der Waals surface area contributed by atoms with Crippen LogP contribution in [0.1, 0.15) is 47.4 Å². The van der Waals surface area contributed by atoms with Crippen molar-refractivity contribution in [2.45, 2.75) is 26.7 Å². The van der Waals surface area contributed by atoms with Crippen molar-refractivity contribution in [1.29, 1.82) is 0 Å². The van der Waals surface area contributed by atoms with Crippen molar-refractivity contribution in [3.05, 3.63) is 59.7 Å². The molecular weight excluding hydrogens is 432 g/mol. The summed E-state index contributed by atoms with van der Waals surface area (Å²) in [7, 11) is 0. The first kappa shape index (κ1) is 25.2. The molecule has 3 amide bonds. The maximum absolute atomic E-state index is 12.8. The van der Waals surface area contributed by atoms with Crippen LogP contribution in [-0.4, -0.2) is 73.5 Å². The summed E-state index contributed by atoms with van der Waals surface area (Å²) >= 11 is 0. The first-order valence-corrected chi connectivity index (χ1v) is 11.9. The van der Waals surface area contributed by atoms with Gasteiger partial charge >= 0.3 is 0 Å². The van der Waals surface area contributed by atoms with Gasteiger partial charge in [-0.1, -0.05) is 19.9 Å². The van der Waals surface area contributed by atoms with E-state index in [2.05, 4.69) is 24.5 Å². The molecule has 2 aromatic carbocycles. The summed E-state index contributed by atoms with van der Waals surface area (Å²) in [5.74, 6) is -0.250. The topological polar surface area (TPSA) is 91.0 Å². The Bertz CT molecular complexity index is 965. The number of rotatable bonds is 10. The number of benzene rings is 2. The van der Waals surface area contributed by atoms with Crippen LogP contribution in [0.15, 0.2) is 48.5 Å². The lowest BCUT2D eigenvalue weighted by Crippen LogP contribution is -2.40. The molecule has 1 heterocycles. The Balaban J connectivity index is 1.52. The molecule has 0 bridgehead atoms. The Morgan fingerprint density at radius 1 is 0.912 bits per heavy atom. The molecule has 8 heteroatoms. The largest absolute Gasteiger partial charge is 0.378 e. The van der Waals surface area contributed by atoms with Crippen LogP contribution in [0.5, 0.6) is 0 Å². The number of anilines is 2. The highest BCUT2D eigenvalue weighted by molar-refractivity contribution is 5.97. The van der Waals surface area contributed by atoms with E-state index in [1.165, 1.54) is 0 Å². The summed E-state index contributed by atoms with van der Waals surface area (Å²) in [6, 6.07) is 14.1. The summed E-state index contributed by atoms with van der Waals surface area (Å²) in [4.78, 5) is 41.4. The first-order chi connectivity index (χ1) is 16.5. The van der Waals surface area contributed by atoms with Gasteiger partial charge in [0.2, 0.25) is 5.91 Å². The average molecular weight is 467 g/mol. The average Bonchev–Trinajstić information content (AvgIpc) is 2.87. The predicted molar refractivity (Wildman–Crippen MR) is 133 cm³/mol. The van der Waals surface area contributed by atoms with Crippen LogP contribution in [-0.2, 0) is 9.53 Å². The van der Waals surface area contributed by atoms with Gasteiger partial charge in [-0.05, 0) is 55.3 Å². The minimum atomic E-state index is -0.220. The third kappa shape index (κ3) is 7.05. The predicted octanol–water partition coefficient (Wildman–Crippen LogP) is 3.47. The van der Waals surface area contributed by atoms with Gasteiger partial charge in [-0.3, -0.25) is 14.4 Å². The van der Waals surface area contributed by atoms with Gasteiger partial charge in [0.1, 0.15) is 0 Å². The zero-order valence-electron chi connectivity index (χ0n) is 20.0. The molecule has 0 radical (unpaired) electrons. The first-order valence-electron chi connectivity index (χ1n) is 11.9. The molecule has 34 heavy (non-hydrogen) atoms. The van der Waals surface area contributed by atoms with Crippen molar-refractivity contribution in [2.24, 2.45) is 0 Å². The third-order valence-electron chi connectivity index (χ3n) is 5.55. The minimum absolute atomic E-state index is 0.00326. The van der Waals surface area contributed by atoms with E-state index >= 15 is 0 Å². The second kappa shape index (κ2) is 12.7. The van der Waals surface area contributed by atoms with Gasteiger partial charge < -0.3 is 25.2 Å². The van der Waals surface area contributed by atoms with Crippen LogP contribution in [0.3, 0.4) is 0 Å². The lowest BCUT2D eigenvalue weighted by Gasteiger charge is -2.26. The molecule has 0 saturated carbocycles. The number of nitrogens with one attached hydrogen (secondary N) is 2. The molecule has 2 N–H and O–H groups in total. The Kier molecular flexibility index (Phi) is 9.46. The Hall–Kier alpha value is -3.39. The van der Waals surface area contributed by atoms with Crippen molar-refractivity contribution < 1.29 is 19.1 Å². The molecule has 1 aliphatic heterocycles. The molecule has 0 spiro atoms. The van der Waals surface area contributed by atoms with Crippen LogP contribution >= 0.6 is 0 Å². The molecule has 2 aromatic rings. The summed E-state index contributed by atoms with van der Waals surface area (Å²) < 4.78 is 5.29. The normalized spacial score (nSPS) is 13.3. The fourth-order valence-corrected chi connectivity index (χ4v) is 3.83. The quantitative estimate of drug-likeness (QED) is 0.560. The molecule has 0 atom stereocenters. The standard InChI is InChI=1S/C26H34N4O4/c1-3-12-29(13-4-2)26(33)21-6-5-7-23(18-21)27-19-24(31)28-22-10-8-20(9-11-22)25(32)30-14-16-34-17-15-30/h5-11,18,27H,3-4,12-17,19H2,1-2H3,(H,28,31). The van der Waals surface area contributed by atoms with E-state index < -0.39 is 0 Å². The highest BCUT2D eigenvalue weighted by Crippen LogP contribution is 2.15. The fraction of sp³-hybridized carbons (Fsp3) is 0.423. The van der Waals surface area contributed by atoms with E-state index in [0.717, 1.165) is 25.9 Å². The van der Waals surface area contributed by atoms with Crippen molar-refractivity contribution in [2.75, 3.05) is 56.6 Å². The van der Waals surface area contributed by atoms with Gasteiger partial charge in [-0.15, -0.1) is 0 Å². The number of hydrogen-bond donors (Lipinski definition) is 2. The number of carbonyl (C=O) groups is 3. The third-order valence-corrected chi connectivity index (χ3v) is 5.55. The Morgan fingerprint density at radius 3 is 2.24 bits per heavy atom. The maximum atomic E-state index is 12.8. The Morgan fingerprint density at radius 2 is 1.59 bits per heavy atom. The maximum Gasteiger partial charge on any atom is 0.254 e. The number of ether oxygens (including phenoxy) is 1. The molecule has 1 saturated heterocycles. The molecule has 0 aromatic heterocycles. The Labute approximate surface area is 201 Å². The van der Waals surface area contributed by atoms with Crippen molar-refractivity contribution >= 4 is 29.1 Å². The molecule has 182 valence electrons. The SMILES string of the molecule is CCCN(CCC)C(=O)c1cccc(NCC(=O)Nc2ccc(C(=O)N3CCOCC3)cc2)c1. The van der Waals surface area contributed by atoms with E-state index in [1.54, 1.807) is 41.3 Å². The van der Waals surface area contributed by atoms with E-state index in [4.69, 9.17) is 4.74 Å². The van der Waals surface area contributed by atoms with E-state index in [0.29, 0.717) is 48.8 Å². The van der Waals surface area contributed by atoms with Crippen molar-refractivity contribution in [3.63, 3.8) is 0 Å². The molecule has 0 unspecified atom stereocenters. The van der Waals surface area contributed by atoms with Gasteiger partial charge in [0.25, 0.3) is 11.8 Å². The highest BCUT2D eigenvalue weighted by Gasteiger charge is 2.18. The van der Waals surface area contributed by atoms with Crippen molar-refractivity contribution in [1.82, 2.24) is 9.80 Å². The molecule has 1 aliphatic rings. The molecule has 8 nitrogen and oxygen atoms in total. The van der Waals surface area contributed by atoms with Gasteiger partial charge in [0.05, 0.1) is 19.8 Å². The van der Waals surface area contributed by atoms with Gasteiger partial charge in [-0.25, -0.2) is 0 Å². The lowest BCUT2D eigenvalue weighted by molar-refractivity contribution is -0.114. The molecular formula is C26H34N4O4. The summed E-state index contributed by atoms with van der Waals surface area (Å²) in [5, 5.41) is 5.91. The smallest absolute Gasteiger partial charge is 0.254 e. The lowest BCUT2D eigenvalue weighted by atomic mass is 10.1. The van der Waals surface area contributed by atoms with Crippen LogP contribution in [0.2, 0.25) is 0 Å². The van der Waals surface area contributed by atoms with Crippen molar-refractivity contribution in [3.8, 4) is 0 Å². The van der Waals surface area contributed by atoms with E-state index in [1.807, 2.05) is 17.0 Å². The molecule has 3 rings (SSSR count). The van der Waals surface area contributed by atoms with Crippen LogP contribution < -0.4 is 10.6 Å². The zero-order chi connectivity index (χ0) is 24.3. The van der Waals surface area contributed by atoms with Gasteiger partial charge in [0.15, 0.2) is 0 Å². The van der Waals surface area contributed by atoms with Gasteiger partial charge in [0, 0.05) is 48.7 Å². The number of morpholine rings is 1. The second-order valence-corrected chi connectivity index (χ2v) is 8.26. The molecule has 0 aliphatic carbocycles.